The van der Waals surface area contributed by atoms with Crippen LogP contribution in [0.2, 0.25) is 5.15 Å². The lowest BCUT2D eigenvalue weighted by Crippen LogP contribution is -1.97. The molecule has 0 aliphatic rings. The van der Waals surface area contributed by atoms with E-state index in [1.807, 2.05) is 60.7 Å². The summed E-state index contributed by atoms with van der Waals surface area (Å²) in [6, 6.07) is 21.3. The monoisotopic (exact) mass is 308 g/mol. The molecule has 0 bridgehead atoms. The van der Waals surface area contributed by atoms with E-state index in [0.717, 1.165) is 11.1 Å². The highest BCUT2D eigenvalue weighted by Gasteiger charge is 2.08. The lowest BCUT2D eigenvalue weighted by atomic mass is 10.1. The Morgan fingerprint density at radius 1 is 0.909 bits per heavy atom. The van der Waals surface area contributed by atoms with E-state index in [2.05, 4.69) is 20.7 Å². The minimum absolute atomic E-state index is 0.317. The van der Waals surface area contributed by atoms with Crippen LogP contribution >= 0.6 is 11.6 Å². The van der Waals surface area contributed by atoms with Crippen LogP contribution in [0.3, 0.4) is 0 Å². The van der Waals surface area contributed by atoms with Crippen LogP contribution in [0.4, 0.5) is 5.69 Å². The molecule has 3 rings (SSSR count). The highest BCUT2D eigenvalue weighted by molar-refractivity contribution is 6.29. The summed E-state index contributed by atoms with van der Waals surface area (Å²) in [6.07, 6.45) is 1.74. The minimum atomic E-state index is 0.317. The Balaban J connectivity index is 1.87. The summed E-state index contributed by atoms with van der Waals surface area (Å²) in [5.41, 5.74) is 6.35. The summed E-state index contributed by atoms with van der Waals surface area (Å²) < 4.78 is 0. The van der Waals surface area contributed by atoms with Gasteiger partial charge in [0, 0.05) is 11.6 Å². The van der Waals surface area contributed by atoms with Crippen molar-refractivity contribution in [3.8, 4) is 11.3 Å². The third-order valence-electron chi connectivity index (χ3n) is 3.01. The van der Waals surface area contributed by atoms with Gasteiger partial charge in [0.15, 0.2) is 5.15 Å². The van der Waals surface area contributed by atoms with Gasteiger partial charge in [-0.15, -0.1) is 10.2 Å². The summed E-state index contributed by atoms with van der Waals surface area (Å²) >= 11 is 5.93. The van der Waals surface area contributed by atoms with Crippen molar-refractivity contribution in [3.05, 3.63) is 77.4 Å². The van der Waals surface area contributed by atoms with Crippen LogP contribution in [0.5, 0.6) is 0 Å². The number of nitrogens with one attached hydrogen (secondary N) is 1. The fourth-order valence-corrected chi connectivity index (χ4v) is 2.12. The van der Waals surface area contributed by atoms with Gasteiger partial charge < -0.3 is 0 Å². The molecule has 3 aromatic rings. The maximum atomic E-state index is 5.93. The summed E-state index contributed by atoms with van der Waals surface area (Å²) in [7, 11) is 0. The molecule has 1 heterocycles. The first-order valence-corrected chi connectivity index (χ1v) is 7.13. The maximum absolute atomic E-state index is 5.93. The topological polar surface area (TPSA) is 50.2 Å². The number of benzene rings is 2. The molecule has 4 nitrogen and oxygen atoms in total. The van der Waals surface area contributed by atoms with E-state index in [1.165, 1.54) is 0 Å². The second kappa shape index (κ2) is 6.83. The molecule has 0 unspecified atom stereocenters. The minimum Gasteiger partial charge on any atom is -0.276 e. The van der Waals surface area contributed by atoms with Gasteiger partial charge >= 0.3 is 0 Å². The number of hydrazone groups is 1. The third kappa shape index (κ3) is 3.48. The van der Waals surface area contributed by atoms with Crippen LogP contribution in [0, 0.1) is 0 Å². The summed E-state index contributed by atoms with van der Waals surface area (Å²) in [5, 5.41) is 12.6. The molecule has 2 aromatic carbocycles. The first-order valence-electron chi connectivity index (χ1n) is 6.76. The van der Waals surface area contributed by atoms with E-state index >= 15 is 0 Å². The van der Waals surface area contributed by atoms with Crippen molar-refractivity contribution in [2.24, 2.45) is 5.10 Å². The molecule has 0 radical (unpaired) electrons. The third-order valence-corrected chi connectivity index (χ3v) is 3.19. The molecule has 108 valence electrons. The fourth-order valence-electron chi connectivity index (χ4n) is 1.98. The summed E-state index contributed by atoms with van der Waals surface area (Å²) in [5.74, 6) is 0. The first kappa shape index (κ1) is 14.2. The molecule has 0 saturated carbocycles. The number of nitrogens with zero attached hydrogens (tertiary/aromatic N) is 3. The highest BCUT2D eigenvalue weighted by atomic mass is 35.5. The first-order chi connectivity index (χ1) is 10.8. The summed E-state index contributed by atoms with van der Waals surface area (Å²) in [4.78, 5) is 0. The van der Waals surface area contributed by atoms with Crippen molar-refractivity contribution >= 4 is 23.5 Å². The van der Waals surface area contributed by atoms with Crippen molar-refractivity contribution in [1.82, 2.24) is 10.2 Å². The molecule has 0 amide bonds. The van der Waals surface area contributed by atoms with Crippen molar-refractivity contribution in [3.63, 3.8) is 0 Å². The fraction of sp³-hybridized carbons (Fsp3) is 0. The van der Waals surface area contributed by atoms with E-state index in [9.17, 15) is 0 Å². The predicted octanol–water partition coefficient (Wildman–Crippen LogP) is 4.24. The molecule has 22 heavy (non-hydrogen) atoms. The van der Waals surface area contributed by atoms with Gasteiger partial charge in [-0.3, -0.25) is 5.43 Å². The Morgan fingerprint density at radius 3 is 2.32 bits per heavy atom. The quantitative estimate of drug-likeness (QED) is 0.579. The second-order valence-electron chi connectivity index (χ2n) is 4.58. The Bertz CT molecular complexity index is 773. The smallest absolute Gasteiger partial charge is 0.153 e. The van der Waals surface area contributed by atoms with Crippen molar-refractivity contribution in [2.45, 2.75) is 0 Å². The van der Waals surface area contributed by atoms with Gasteiger partial charge in [0.2, 0.25) is 0 Å². The molecule has 0 aliphatic carbocycles. The van der Waals surface area contributed by atoms with Gasteiger partial charge in [-0.2, -0.15) is 5.10 Å². The van der Waals surface area contributed by atoms with E-state index in [1.54, 1.807) is 12.3 Å². The van der Waals surface area contributed by atoms with Gasteiger partial charge in [0.1, 0.15) is 5.69 Å². The Morgan fingerprint density at radius 2 is 1.59 bits per heavy atom. The maximum Gasteiger partial charge on any atom is 0.153 e. The van der Waals surface area contributed by atoms with E-state index in [0.29, 0.717) is 16.5 Å². The molecular formula is C17H13ClN4. The number of hydrogen-bond donors (Lipinski definition) is 1. The van der Waals surface area contributed by atoms with Crippen LogP contribution in [0.25, 0.3) is 11.3 Å². The molecule has 0 spiro atoms. The standard InChI is InChI=1S/C17H13ClN4/c18-16-11-15(20-19-12-13-7-3-1-4-8-13)17(22-21-16)14-9-5-2-6-10-14/h1-12H,(H,20,21)/b19-12+. The zero-order valence-electron chi connectivity index (χ0n) is 11.6. The largest absolute Gasteiger partial charge is 0.276 e. The molecule has 0 atom stereocenters. The lowest BCUT2D eigenvalue weighted by Gasteiger charge is -2.07. The van der Waals surface area contributed by atoms with Crippen LogP contribution in [-0.2, 0) is 0 Å². The van der Waals surface area contributed by atoms with Gasteiger partial charge in [0.05, 0.1) is 11.9 Å². The van der Waals surface area contributed by atoms with Gasteiger partial charge in [-0.1, -0.05) is 72.3 Å². The molecule has 1 N–H and O–H groups in total. The van der Waals surface area contributed by atoms with Gasteiger partial charge in [0.25, 0.3) is 0 Å². The summed E-state index contributed by atoms with van der Waals surface area (Å²) in [6.45, 7) is 0. The SMILES string of the molecule is Clc1cc(N/N=C/c2ccccc2)c(-c2ccccc2)nn1. The Hall–Kier alpha value is -2.72. The van der Waals surface area contributed by atoms with Crippen molar-refractivity contribution in [1.29, 1.82) is 0 Å². The normalized spacial score (nSPS) is 10.8. The van der Waals surface area contributed by atoms with Crippen LogP contribution in [0.1, 0.15) is 5.56 Å². The Kier molecular flexibility index (Phi) is 4.41. The van der Waals surface area contributed by atoms with Crippen LogP contribution < -0.4 is 5.43 Å². The molecule has 1 aromatic heterocycles. The number of anilines is 1. The van der Waals surface area contributed by atoms with Gasteiger partial charge in [-0.05, 0) is 5.56 Å². The van der Waals surface area contributed by atoms with Crippen LogP contribution in [-0.4, -0.2) is 16.4 Å². The van der Waals surface area contributed by atoms with Crippen molar-refractivity contribution < 1.29 is 0 Å². The van der Waals surface area contributed by atoms with Crippen molar-refractivity contribution in [2.75, 3.05) is 5.43 Å². The van der Waals surface area contributed by atoms with E-state index in [4.69, 9.17) is 11.6 Å². The van der Waals surface area contributed by atoms with Crippen LogP contribution in [0.15, 0.2) is 71.8 Å². The van der Waals surface area contributed by atoms with E-state index < -0.39 is 0 Å². The number of hydrogen-bond acceptors (Lipinski definition) is 4. The molecule has 0 fully saturated rings. The second-order valence-corrected chi connectivity index (χ2v) is 4.96. The molecule has 0 aliphatic heterocycles. The average Bonchev–Trinajstić information content (AvgIpc) is 2.57. The Labute approximate surface area is 133 Å². The zero-order chi connectivity index (χ0) is 15.2. The highest BCUT2D eigenvalue weighted by Crippen LogP contribution is 2.26. The lowest BCUT2D eigenvalue weighted by molar-refractivity contribution is 1.04. The predicted molar refractivity (Wildman–Crippen MR) is 90.1 cm³/mol. The average molecular weight is 309 g/mol. The molecule has 0 saturated heterocycles. The molecule has 5 heteroatoms. The van der Waals surface area contributed by atoms with Gasteiger partial charge in [-0.25, -0.2) is 0 Å². The number of halogens is 1. The number of aromatic nitrogens is 2. The molecular weight excluding hydrogens is 296 g/mol. The number of rotatable bonds is 4. The zero-order valence-corrected chi connectivity index (χ0v) is 12.4. The van der Waals surface area contributed by atoms with E-state index in [-0.39, 0.29) is 0 Å².